The smallest absolute Gasteiger partial charge is 0.0196 e. The molecule has 2 nitrogen and oxygen atoms in total. The predicted molar refractivity (Wildman–Crippen MR) is 42.8 cm³/mol. The first-order valence-corrected chi connectivity index (χ1v) is 3.65. The number of H-pyrrole nitrogens is 1. The van der Waals surface area contributed by atoms with E-state index >= 15 is 0 Å². The quantitative estimate of drug-likeness (QED) is 0.636. The summed E-state index contributed by atoms with van der Waals surface area (Å²) >= 11 is 0. The van der Waals surface area contributed by atoms with E-state index < -0.39 is 0 Å². The molecule has 0 aromatic carbocycles. The number of hydrogen-bond acceptors (Lipinski definition) is 1. The first-order chi connectivity index (χ1) is 4.79. The third-order valence-corrected chi connectivity index (χ3v) is 1.88. The van der Waals surface area contributed by atoms with Gasteiger partial charge in [0, 0.05) is 18.4 Å². The molecule has 10 heavy (non-hydrogen) atoms. The van der Waals surface area contributed by atoms with Crippen molar-refractivity contribution >= 4 is 0 Å². The standard InChI is InChI=1S/C8H14N2/c1-3-8-6(2)10-5-7(8)4-9/h5,10H,3-4,9H2,1-2H3. The highest BCUT2D eigenvalue weighted by atomic mass is 14.7. The average molecular weight is 138 g/mol. The summed E-state index contributed by atoms with van der Waals surface area (Å²) in [6.07, 6.45) is 3.07. The van der Waals surface area contributed by atoms with Crippen LogP contribution in [-0.2, 0) is 13.0 Å². The highest BCUT2D eigenvalue weighted by Gasteiger charge is 2.02. The molecule has 0 atom stereocenters. The largest absolute Gasteiger partial charge is 0.365 e. The van der Waals surface area contributed by atoms with Gasteiger partial charge in [-0.25, -0.2) is 0 Å². The van der Waals surface area contributed by atoms with E-state index in [4.69, 9.17) is 5.73 Å². The summed E-state index contributed by atoms with van der Waals surface area (Å²) in [5, 5.41) is 0. The number of aromatic amines is 1. The predicted octanol–water partition coefficient (Wildman–Crippen LogP) is 1.34. The first kappa shape index (κ1) is 7.35. The Kier molecular flexibility index (Phi) is 2.12. The van der Waals surface area contributed by atoms with E-state index in [2.05, 4.69) is 18.8 Å². The molecule has 1 aromatic rings. The maximum absolute atomic E-state index is 5.52. The second-order valence-corrected chi connectivity index (χ2v) is 2.48. The number of aryl methyl sites for hydroxylation is 1. The summed E-state index contributed by atoms with van der Waals surface area (Å²) in [6.45, 7) is 4.88. The molecule has 0 bridgehead atoms. The average Bonchev–Trinajstić information content (AvgIpc) is 2.30. The zero-order chi connectivity index (χ0) is 7.56. The van der Waals surface area contributed by atoms with Crippen molar-refractivity contribution in [2.75, 3.05) is 0 Å². The molecule has 1 rings (SSSR count). The molecule has 0 saturated heterocycles. The van der Waals surface area contributed by atoms with Crippen LogP contribution in [-0.4, -0.2) is 4.98 Å². The van der Waals surface area contributed by atoms with Gasteiger partial charge >= 0.3 is 0 Å². The molecule has 0 saturated carbocycles. The fourth-order valence-corrected chi connectivity index (χ4v) is 1.28. The van der Waals surface area contributed by atoms with E-state index in [0.717, 1.165) is 6.42 Å². The minimum Gasteiger partial charge on any atom is -0.365 e. The lowest BCUT2D eigenvalue weighted by molar-refractivity contribution is 1.01. The number of nitrogens with two attached hydrogens (primary N) is 1. The van der Waals surface area contributed by atoms with Gasteiger partial charge in [-0.3, -0.25) is 0 Å². The van der Waals surface area contributed by atoms with E-state index in [0.29, 0.717) is 6.54 Å². The lowest BCUT2D eigenvalue weighted by Gasteiger charge is -1.97. The molecule has 0 radical (unpaired) electrons. The lowest BCUT2D eigenvalue weighted by Crippen LogP contribution is -1.97. The second-order valence-electron chi connectivity index (χ2n) is 2.48. The molecule has 0 fully saturated rings. The third-order valence-electron chi connectivity index (χ3n) is 1.88. The van der Waals surface area contributed by atoms with Gasteiger partial charge in [-0.15, -0.1) is 0 Å². The van der Waals surface area contributed by atoms with E-state index in [9.17, 15) is 0 Å². The van der Waals surface area contributed by atoms with Crippen molar-refractivity contribution in [2.24, 2.45) is 5.73 Å². The minimum absolute atomic E-state index is 0.646. The summed E-state index contributed by atoms with van der Waals surface area (Å²) in [5.74, 6) is 0. The summed E-state index contributed by atoms with van der Waals surface area (Å²) in [6, 6.07) is 0. The van der Waals surface area contributed by atoms with Gasteiger partial charge < -0.3 is 10.7 Å². The van der Waals surface area contributed by atoms with Crippen LogP contribution in [0.1, 0.15) is 23.7 Å². The zero-order valence-corrected chi connectivity index (χ0v) is 6.57. The van der Waals surface area contributed by atoms with Crippen LogP contribution in [0.15, 0.2) is 6.20 Å². The van der Waals surface area contributed by atoms with Crippen molar-refractivity contribution in [1.29, 1.82) is 0 Å². The molecular weight excluding hydrogens is 124 g/mol. The van der Waals surface area contributed by atoms with E-state index in [1.54, 1.807) is 0 Å². The van der Waals surface area contributed by atoms with Gasteiger partial charge in [0.2, 0.25) is 0 Å². The zero-order valence-electron chi connectivity index (χ0n) is 6.57. The summed E-state index contributed by atoms with van der Waals surface area (Å²) in [5.41, 5.74) is 9.40. The molecule has 56 valence electrons. The van der Waals surface area contributed by atoms with Crippen LogP contribution < -0.4 is 5.73 Å². The fraction of sp³-hybridized carbons (Fsp3) is 0.500. The Labute approximate surface area is 61.4 Å². The number of hydrogen-bond donors (Lipinski definition) is 2. The van der Waals surface area contributed by atoms with Crippen LogP contribution in [0.25, 0.3) is 0 Å². The van der Waals surface area contributed by atoms with Gasteiger partial charge in [0.25, 0.3) is 0 Å². The molecule has 1 aromatic heterocycles. The molecule has 3 N–H and O–H groups in total. The maximum atomic E-state index is 5.52. The van der Waals surface area contributed by atoms with Crippen LogP contribution in [0.2, 0.25) is 0 Å². The Bertz CT molecular complexity index is 213. The number of nitrogens with one attached hydrogen (secondary N) is 1. The van der Waals surface area contributed by atoms with Crippen LogP contribution in [0, 0.1) is 6.92 Å². The molecule has 2 heteroatoms. The Morgan fingerprint density at radius 3 is 2.70 bits per heavy atom. The number of rotatable bonds is 2. The summed E-state index contributed by atoms with van der Waals surface area (Å²) < 4.78 is 0. The van der Waals surface area contributed by atoms with Crippen molar-refractivity contribution in [3.63, 3.8) is 0 Å². The molecule has 0 unspecified atom stereocenters. The van der Waals surface area contributed by atoms with Crippen molar-refractivity contribution in [1.82, 2.24) is 4.98 Å². The van der Waals surface area contributed by atoms with Crippen LogP contribution in [0.5, 0.6) is 0 Å². The van der Waals surface area contributed by atoms with E-state index in [1.165, 1.54) is 16.8 Å². The van der Waals surface area contributed by atoms with Crippen molar-refractivity contribution < 1.29 is 0 Å². The Morgan fingerprint density at radius 2 is 2.30 bits per heavy atom. The van der Waals surface area contributed by atoms with Crippen LogP contribution in [0.4, 0.5) is 0 Å². The van der Waals surface area contributed by atoms with Gasteiger partial charge in [-0.1, -0.05) is 6.92 Å². The molecule has 0 aliphatic carbocycles. The van der Waals surface area contributed by atoms with Gasteiger partial charge in [0.05, 0.1) is 0 Å². The van der Waals surface area contributed by atoms with Gasteiger partial charge in [-0.05, 0) is 24.5 Å². The van der Waals surface area contributed by atoms with E-state index in [1.807, 2.05) is 6.20 Å². The number of aromatic nitrogens is 1. The molecule has 0 amide bonds. The molecular formula is C8H14N2. The molecule has 0 aliphatic heterocycles. The summed E-state index contributed by atoms with van der Waals surface area (Å²) in [4.78, 5) is 3.16. The highest BCUT2D eigenvalue weighted by molar-refractivity contribution is 5.29. The Hall–Kier alpha value is -0.760. The monoisotopic (exact) mass is 138 g/mol. The normalized spacial score (nSPS) is 10.3. The van der Waals surface area contributed by atoms with Crippen LogP contribution >= 0.6 is 0 Å². The Balaban J connectivity index is 3.01. The third kappa shape index (κ3) is 1.07. The first-order valence-electron chi connectivity index (χ1n) is 3.65. The lowest BCUT2D eigenvalue weighted by atomic mass is 10.1. The topological polar surface area (TPSA) is 41.8 Å². The minimum atomic E-state index is 0.646. The van der Waals surface area contributed by atoms with E-state index in [-0.39, 0.29) is 0 Å². The van der Waals surface area contributed by atoms with Crippen LogP contribution in [0.3, 0.4) is 0 Å². The van der Waals surface area contributed by atoms with Crippen molar-refractivity contribution in [3.8, 4) is 0 Å². The maximum Gasteiger partial charge on any atom is 0.0196 e. The SMILES string of the molecule is CCc1c(CN)c[nH]c1C. The van der Waals surface area contributed by atoms with Gasteiger partial charge in [0.15, 0.2) is 0 Å². The fourth-order valence-electron chi connectivity index (χ4n) is 1.28. The molecule has 0 aliphatic rings. The molecule has 0 spiro atoms. The second kappa shape index (κ2) is 2.88. The van der Waals surface area contributed by atoms with Gasteiger partial charge in [-0.2, -0.15) is 0 Å². The van der Waals surface area contributed by atoms with Gasteiger partial charge in [0.1, 0.15) is 0 Å². The van der Waals surface area contributed by atoms with Crippen molar-refractivity contribution in [3.05, 3.63) is 23.0 Å². The summed E-state index contributed by atoms with van der Waals surface area (Å²) in [7, 11) is 0. The Morgan fingerprint density at radius 1 is 1.60 bits per heavy atom. The highest BCUT2D eigenvalue weighted by Crippen LogP contribution is 2.12. The van der Waals surface area contributed by atoms with Crippen molar-refractivity contribution in [2.45, 2.75) is 26.8 Å². The molecule has 1 heterocycles.